The number of fused-ring (bicyclic) bond motifs is 1. The molecule has 15 atom stereocenters. The Morgan fingerprint density at radius 1 is 0.500 bits per heavy atom. The van der Waals surface area contributed by atoms with Gasteiger partial charge >= 0.3 is 0 Å². The Morgan fingerprint density at radius 3 is 1.47 bits per heavy atom. The molecule has 0 spiro atoms. The molecule has 2 aliphatic heterocycles. The zero-order valence-electron chi connectivity index (χ0n) is 68.2. The molecule has 2 aliphatic rings. The second kappa shape index (κ2) is 44.9. The summed E-state index contributed by atoms with van der Waals surface area (Å²) in [6.45, 7) is 16.8. The molecular weight excluding hydrogens is 1510 g/mol. The molecule has 34 heteroatoms. The van der Waals surface area contributed by atoms with Crippen LogP contribution in [-0.4, -0.2) is 255 Å². The number of unbranched alkanes of at least 4 members (excludes halogenated alkanes) is 1. The number of primary amides is 1. The number of carbonyl (C=O) groups excluding carboxylic acids is 15. The summed E-state index contributed by atoms with van der Waals surface area (Å²) in [5.41, 5.74) is 8.54. The molecule has 2 saturated heterocycles. The maximum atomic E-state index is 15.2. The van der Waals surface area contributed by atoms with Crippen molar-refractivity contribution in [2.24, 2.45) is 11.7 Å². The standard InChI is InChI=1S/C82H116N16O17S/c1-46(2)66-76(110)86-47(3)69(103)94-68(52(8)100)78(112)95-67(51(7)99)77(111)91-61(41-54-28-19-15-20-29-54)81(115)97(13)50(6)71(105)90-60(42-55-34-36-57(37-35-55)56-30-21-16-22-31-56)80(114)96(12)49(5)70(104)89-58(32-23-24-38-85-82(9,10)11)73(107)87-48(4)79(113)98-39-25-33-63(98)75(109)92-62(72(106)84-43-64(83)101)44-116-45-65(102)88-59(74(108)93-66)40-53-26-17-14-18-27-53/h14-22,26-31,34-37,46-52,58-63,66-68,85,99-100H,23-25,32-33,38-45H2,1-13H3,(H2,83,101)(H,84,106)(H,86,110)(H,87,107)(H,88,102)(H,89,104)(H,90,105)(H,91,111)(H,92,109)(H,93,108)(H,94,103)(H,95,112)/t47-,48-,49-,50-,51+,52+,58-,59-,60-,61-,62-,63-,66-,67-,68-/m0/s1. The number of hydrogen-bond acceptors (Lipinski definition) is 19. The fourth-order valence-corrected chi connectivity index (χ4v) is 13.8. The summed E-state index contributed by atoms with van der Waals surface area (Å²) in [5, 5.41) is 54.1. The number of amides is 15. The van der Waals surface area contributed by atoms with E-state index < -0.39 is 198 Å². The van der Waals surface area contributed by atoms with Crippen LogP contribution in [0.25, 0.3) is 11.1 Å². The van der Waals surface area contributed by atoms with Gasteiger partial charge < -0.3 is 94.4 Å². The molecule has 33 nitrogen and oxygen atoms in total. The Kier molecular flexibility index (Phi) is 36.4. The van der Waals surface area contributed by atoms with Gasteiger partial charge in [0.25, 0.3) is 0 Å². The minimum absolute atomic E-state index is 0.0431. The summed E-state index contributed by atoms with van der Waals surface area (Å²) >= 11 is 0.854. The molecule has 2 fully saturated rings. The Labute approximate surface area is 681 Å². The predicted octanol–water partition coefficient (Wildman–Crippen LogP) is -0.722. The molecule has 0 saturated carbocycles. The van der Waals surface area contributed by atoms with Crippen LogP contribution in [0.3, 0.4) is 0 Å². The summed E-state index contributed by atoms with van der Waals surface area (Å²) in [7, 11) is 2.62. The first-order valence-electron chi connectivity index (χ1n) is 39.1. The van der Waals surface area contributed by atoms with Crippen molar-refractivity contribution in [3.8, 4) is 11.1 Å². The second-order valence-electron chi connectivity index (χ2n) is 31.0. The molecule has 4 aromatic carbocycles. The number of thioether (sulfide) groups is 1. The van der Waals surface area contributed by atoms with Crippen LogP contribution in [0, 0.1) is 5.92 Å². The van der Waals surface area contributed by atoms with E-state index in [1.54, 1.807) is 86.6 Å². The van der Waals surface area contributed by atoms with Crippen LogP contribution < -0.4 is 69.5 Å². The van der Waals surface area contributed by atoms with Crippen molar-refractivity contribution in [1.29, 1.82) is 0 Å². The molecule has 15 amide bonds. The van der Waals surface area contributed by atoms with Crippen molar-refractivity contribution in [1.82, 2.24) is 78.5 Å². The van der Waals surface area contributed by atoms with Gasteiger partial charge in [-0.3, -0.25) is 71.9 Å². The maximum absolute atomic E-state index is 15.2. The summed E-state index contributed by atoms with van der Waals surface area (Å²) in [6, 6.07) is 14.6. The number of aliphatic hydroxyl groups is 2. The van der Waals surface area contributed by atoms with Crippen LogP contribution in [0.5, 0.6) is 0 Å². The average Bonchev–Trinajstić information content (AvgIpc) is 1.79. The highest BCUT2D eigenvalue weighted by molar-refractivity contribution is 8.00. The van der Waals surface area contributed by atoms with E-state index in [1.165, 1.54) is 46.7 Å². The monoisotopic (exact) mass is 1630 g/mol. The average molecular weight is 1630 g/mol. The van der Waals surface area contributed by atoms with Crippen molar-refractivity contribution in [3.05, 3.63) is 132 Å². The van der Waals surface area contributed by atoms with E-state index >= 15 is 4.79 Å². The highest BCUT2D eigenvalue weighted by Crippen LogP contribution is 2.23. The van der Waals surface area contributed by atoms with Crippen molar-refractivity contribution in [2.75, 3.05) is 45.2 Å². The van der Waals surface area contributed by atoms with Crippen LogP contribution in [0.15, 0.2) is 115 Å². The number of hydrogen-bond donors (Lipinski definition) is 15. The summed E-state index contributed by atoms with van der Waals surface area (Å²) < 4.78 is 0. The maximum Gasteiger partial charge on any atom is 0.245 e. The molecular formula is C82H116N16O17S. The molecule has 116 heavy (non-hydrogen) atoms. The Hall–Kier alpha value is -10.8. The zero-order chi connectivity index (χ0) is 85.8. The van der Waals surface area contributed by atoms with Gasteiger partial charge in [-0.15, -0.1) is 11.8 Å². The molecule has 0 aromatic heterocycles. The minimum atomic E-state index is -1.88. The van der Waals surface area contributed by atoms with Crippen molar-refractivity contribution >= 4 is 100 Å². The SMILES string of the molecule is CC(C)[C@@H]1NC(=O)[C@H](Cc2ccccc2)NC(=O)CSC[C@@H](C(=O)NCC(N)=O)NC(=O)[C@@H]2CCCN2C(=O)[C@H](C)NC(=O)[C@H](CCCCNC(C)(C)C)NC(=O)[C@H](C)N(C)C(=O)[C@H](Cc2ccc(-c3ccccc3)cc2)NC(=O)[C@H](C)N(C)C(=O)[C@H](Cc2ccccc2)NC(=O)[C@H]([C@@H](C)O)NC(=O)[C@H]([C@@H](C)O)NC(=O)[C@H](C)NC1=O. The normalized spacial score (nSPS) is 25.3. The van der Waals surface area contributed by atoms with Gasteiger partial charge in [0, 0.05) is 51.2 Å². The van der Waals surface area contributed by atoms with Crippen LogP contribution in [0.2, 0.25) is 0 Å². The summed E-state index contributed by atoms with van der Waals surface area (Å²) in [4.78, 5) is 218. The highest BCUT2D eigenvalue weighted by atomic mass is 32.2. The fourth-order valence-electron chi connectivity index (χ4n) is 13.0. The largest absolute Gasteiger partial charge is 0.391 e. The zero-order valence-corrected chi connectivity index (χ0v) is 69.1. The minimum Gasteiger partial charge on any atom is -0.391 e. The van der Waals surface area contributed by atoms with E-state index in [9.17, 15) is 77.3 Å². The number of nitrogens with one attached hydrogen (secondary N) is 12. The van der Waals surface area contributed by atoms with E-state index in [4.69, 9.17) is 5.73 Å². The second-order valence-corrected chi connectivity index (χ2v) is 32.0. The van der Waals surface area contributed by atoms with Gasteiger partial charge in [0.2, 0.25) is 88.6 Å². The molecule has 0 aliphatic carbocycles. The number of nitrogens with zero attached hydrogens (tertiary/aromatic N) is 3. The van der Waals surface area contributed by atoms with Gasteiger partial charge in [0.05, 0.1) is 24.5 Å². The molecule has 0 unspecified atom stereocenters. The van der Waals surface area contributed by atoms with Crippen LogP contribution in [0.1, 0.15) is 125 Å². The smallest absolute Gasteiger partial charge is 0.245 e. The third kappa shape index (κ3) is 28.9. The number of benzene rings is 4. The molecule has 632 valence electrons. The lowest BCUT2D eigenvalue weighted by Crippen LogP contribution is -2.63. The van der Waals surface area contributed by atoms with Gasteiger partial charge in [-0.25, -0.2) is 0 Å². The van der Waals surface area contributed by atoms with E-state index in [2.05, 4.69) is 63.8 Å². The number of nitrogens with two attached hydrogens (primary N) is 1. The lowest BCUT2D eigenvalue weighted by atomic mass is 9.99. The summed E-state index contributed by atoms with van der Waals surface area (Å²) in [5.74, 6) is -14.6. The topological polar surface area (TPSA) is 477 Å². The van der Waals surface area contributed by atoms with Gasteiger partial charge in [-0.2, -0.15) is 0 Å². The highest BCUT2D eigenvalue weighted by Gasteiger charge is 2.42. The van der Waals surface area contributed by atoms with Crippen LogP contribution >= 0.6 is 11.8 Å². The molecule has 2 heterocycles. The Balaban J connectivity index is 1.38. The van der Waals surface area contributed by atoms with E-state index in [0.29, 0.717) is 42.5 Å². The number of carbonyl (C=O) groups is 15. The molecule has 0 radical (unpaired) electrons. The number of rotatable bonds is 18. The Bertz CT molecular complexity index is 4060. The van der Waals surface area contributed by atoms with Crippen molar-refractivity contribution in [3.63, 3.8) is 0 Å². The first-order chi connectivity index (χ1) is 54.7. The first-order valence-corrected chi connectivity index (χ1v) is 40.2. The predicted molar refractivity (Wildman–Crippen MR) is 435 cm³/mol. The lowest BCUT2D eigenvalue weighted by Gasteiger charge is -2.33. The molecule has 4 aromatic rings. The first kappa shape index (κ1) is 94.0. The third-order valence-corrected chi connectivity index (χ3v) is 21.1. The van der Waals surface area contributed by atoms with Gasteiger partial charge in [0.15, 0.2) is 0 Å². The molecule has 16 N–H and O–H groups in total. The Morgan fingerprint density at radius 2 is 0.948 bits per heavy atom. The quantitative estimate of drug-likeness (QED) is 0.0547. The number of likely N-dealkylation sites (N-methyl/N-ethyl adjacent to an activating group) is 2. The number of aliphatic hydroxyl groups excluding tert-OH is 2. The van der Waals surface area contributed by atoms with Crippen molar-refractivity contribution in [2.45, 2.75) is 224 Å². The van der Waals surface area contributed by atoms with Crippen LogP contribution in [-0.2, 0) is 91.2 Å². The van der Waals surface area contributed by atoms with E-state index in [1.807, 2.05) is 63.2 Å². The van der Waals surface area contributed by atoms with Gasteiger partial charge in [-0.05, 0) is 135 Å². The van der Waals surface area contributed by atoms with Gasteiger partial charge in [-0.1, -0.05) is 129 Å². The molecule has 0 bridgehead atoms. The molecule has 6 rings (SSSR count). The van der Waals surface area contributed by atoms with Crippen LogP contribution in [0.4, 0.5) is 0 Å². The van der Waals surface area contributed by atoms with Crippen molar-refractivity contribution < 1.29 is 82.1 Å². The van der Waals surface area contributed by atoms with E-state index in [0.717, 1.165) is 46.5 Å². The lowest BCUT2D eigenvalue weighted by molar-refractivity contribution is -0.145. The third-order valence-electron chi connectivity index (χ3n) is 20.1. The van der Waals surface area contributed by atoms with E-state index in [-0.39, 0.29) is 49.9 Å². The fraction of sp³-hybridized carbons (Fsp3) is 0.524. The summed E-state index contributed by atoms with van der Waals surface area (Å²) in [6.07, 6.45) is -2.49. The van der Waals surface area contributed by atoms with Gasteiger partial charge in [0.1, 0.15) is 78.5 Å².